The van der Waals surface area contributed by atoms with E-state index in [2.05, 4.69) is 18.7 Å². The molecule has 0 bridgehead atoms. The molecule has 0 aliphatic rings. The number of hydrogen-bond donors (Lipinski definition) is 0. The van der Waals surface area contributed by atoms with Crippen LogP contribution in [0.2, 0.25) is 0 Å². The summed E-state index contributed by atoms with van der Waals surface area (Å²) in [5, 5.41) is 10.8. The number of aliphatic carboxylic acids is 1. The van der Waals surface area contributed by atoms with Crippen molar-refractivity contribution < 1.29 is 39.5 Å². The van der Waals surface area contributed by atoms with E-state index in [0.717, 1.165) is 13.1 Å². The van der Waals surface area contributed by atoms with E-state index >= 15 is 0 Å². The Balaban J connectivity index is 0. The Labute approximate surface area is 205 Å². The van der Waals surface area contributed by atoms with Crippen molar-refractivity contribution in [3.63, 3.8) is 0 Å². The summed E-state index contributed by atoms with van der Waals surface area (Å²) < 4.78 is 0. The van der Waals surface area contributed by atoms with Gasteiger partial charge in [-0.15, -0.1) is 0 Å². The first-order valence-electron chi connectivity index (χ1n) is 12.6. The maximum Gasteiger partial charge on any atom is 1.00 e. The molecule has 0 spiro atoms. The molecule has 0 aromatic heterocycles. The van der Waals surface area contributed by atoms with E-state index in [9.17, 15) is 9.90 Å². The van der Waals surface area contributed by atoms with Gasteiger partial charge in [0.1, 0.15) is 0 Å². The van der Waals surface area contributed by atoms with Gasteiger partial charge < -0.3 is 14.8 Å². The smallest absolute Gasteiger partial charge is 0.550 e. The number of nitrogens with zero attached hydrogens (tertiary/aromatic N) is 1. The topological polar surface area (TPSA) is 43.4 Å². The summed E-state index contributed by atoms with van der Waals surface area (Å²) in [6, 6.07) is 0. The van der Waals surface area contributed by atoms with Crippen molar-refractivity contribution in [1.82, 2.24) is 4.90 Å². The average Bonchev–Trinajstić information content (AvgIpc) is 2.68. The molecule has 0 unspecified atom stereocenters. The summed E-state index contributed by atoms with van der Waals surface area (Å²) in [5.74, 6) is -0.913. The van der Waals surface area contributed by atoms with Crippen molar-refractivity contribution in [3.05, 3.63) is 0 Å². The molecule has 0 radical (unpaired) electrons. The zero-order chi connectivity index (χ0) is 20.7. The van der Waals surface area contributed by atoms with Crippen LogP contribution in [0.15, 0.2) is 0 Å². The van der Waals surface area contributed by atoms with E-state index in [0.29, 0.717) is 6.54 Å². The van der Waals surface area contributed by atoms with Gasteiger partial charge in [0.05, 0.1) is 0 Å². The fourth-order valence-electron chi connectivity index (χ4n) is 3.88. The fourth-order valence-corrected chi connectivity index (χ4v) is 3.88. The maximum absolute atomic E-state index is 10.8. The Morgan fingerprint density at radius 1 is 0.552 bits per heavy atom. The van der Waals surface area contributed by atoms with Gasteiger partial charge in [-0.05, 0) is 32.4 Å². The molecule has 0 aromatic carbocycles. The standard InChI is InChI=1S/C25H51NO2.Na/c1-3-5-7-9-11-13-15-17-19-22-26(24-21-25(27)28)23-20-18-16-14-12-10-8-6-4-2;/h3-24H2,1-2H3,(H,27,28);/q;+1/p-1. The summed E-state index contributed by atoms with van der Waals surface area (Å²) in [6.45, 7) is 7.30. The van der Waals surface area contributed by atoms with E-state index in [1.165, 1.54) is 116 Å². The van der Waals surface area contributed by atoms with Crippen molar-refractivity contribution in [2.24, 2.45) is 0 Å². The molecule has 0 amide bonds. The number of carbonyl (C=O) groups excluding carboxylic acids is 1. The van der Waals surface area contributed by atoms with E-state index in [1.54, 1.807) is 0 Å². The van der Waals surface area contributed by atoms with Crippen LogP contribution < -0.4 is 34.7 Å². The van der Waals surface area contributed by atoms with Gasteiger partial charge in [0.25, 0.3) is 0 Å². The normalized spacial score (nSPS) is 11.0. The van der Waals surface area contributed by atoms with E-state index in [4.69, 9.17) is 0 Å². The van der Waals surface area contributed by atoms with Gasteiger partial charge in [-0.3, -0.25) is 0 Å². The van der Waals surface area contributed by atoms with Crippen molar-refractivity contribution >= 4 is 5.97 Å². The predicted molar refractivity (Wildman–Crippen MR) is 121 cm³/mol. The summed E-state index contributed by atoms with van der Waals surface area (Å²) in [6.07, 6.45) is 24.3. The van der Waals surface area contributed by atoms with Crippen molar-refractivity contribution in [3.8, 4) is 0 Å². The van der Waals surface area contributed by atoms with Crippen LogP contribution in [0.5, 0.6) is 0 Å². The molecule has 29 heavy (non-hydrogen) atoms. The molecular formula is C25H50NNaO2. The third-order valence-electron chi connectivity index (χ3n) is 5.79. The van der Waals surface area contributed by atoms with Crippen molar-refractivity contribution in [1.29, 1.82) is 0 Å². The van der Waals surface area contributed by atoms with Crippen LogP contribution in [-0.2, 0) is 4.79 Å². The zero-order valence-electron chi connectivity index (χ0n) is 20.3. The SMILES string of the molecule is CCCCCCCCCCCN(CCCCCCCCCCC)CCC(=O)[O-].[Na+]. The second kappa shape index (κ2) is 26.5. The third kappa shape index (κ3) is 26.4. The molecule has 4 heteroatoms. The van der Waals surface area contributed by atoms with Crippen LogP contribution in [-0.4, -0.2) is 30.5 Å². The Morgan fingerprint density at radius 2 is 0.862 bits per heavy atom. The van der Waals surface area contributed by atoms with Crippen LogP contribution >= 0.6 is 0 Å². The Bertz CT molecular complexity index is 304. The molecule has 3 nitrogen and oxygen atoms in total. The van der Waals surface area contributed by atoms with Gasteiger partial charge >= 0.3 is 29.6 Å². The molecule has 0 saturated carbocycles. The molecule has 168 valence electrons. The molecule has 0 atom stereocenters. The first-order chi connectivity index (χ1) is 13.7. The summed E-state index contributed by atoms with van der Waals surface area (Å²) in [7, 11) is 0. The minimum Gasteiger partial charge on any atom is -0.550 e. The minimum absolute atomic E-state index is 0. The second-order valence-corrected chi connectivity index (χ2v) is 8.62. The first-order valence-corrected chi connectivity index (χ1v) is 12.6. The van der Waals surface area contributed by atoms with Gasteiger partial charge in [0.2, 0.25) is 0 Å². The number of carboxylic acids is 1. The maximum atomic E-state index is 10.8. The molecule has 0 rings (SSSR count). The summed E-state index contributed by atoms with van der Waals surface area (Å²) >= 11 is 0. The number of unbranched alkanes of at least 4 members (excludes halogenated alkanes) is 16. The first kappa shape index (κ1) is 31.6. The Morgan fingerprint density at radius 3 is 1.17 bits per heavy atom. The average molecular weight is 420 g/mol. The third-order valence-corrected chi connectivity index (χ3v) is 5.79. The fraction of sp³-hybridized carbons (Fsp3) is 0.960. The Kier molecular flexibility index (Phi) is 28.9. The molecule has 0 aromatic rings. The monoisotopic (exact) mass is 419 g/mol. The van der Waals surface area contributed by atoms with E-state index < -0.39 is 5.97 Å². The molecule has 0 N–H and O–H groups in total. The second-order valence-electron chi connectivity index (χ2n) is 8.62. The molecule has 0 aliphatic heterocycles. The molecule has 0 heterocycles. The summed E-state index contributed by atoms with van der Waals surface area (Å²) in [4.78, 5) is 13.2. The number of carboxylic acid groups (broad SMARTS) is 1. The molecule has 0 fully saturated rings. The number of hydrogen-bond acceptors (Lipinski definition) is 3. The van der Waals surface area contributed by atoms with Gasteiger partial charge in [-0.25, -0.2) is 0 Å². The predicted octanol–water partition coefficient (Wildman–Crippen LogP) is 3.49. The van der Waals surface area contributed by atoms with Crippen molar-refractivity contribution in [2.75, 3.05) is 19.6 Å². The van der Waals surface area contributed by atoms with Crippen LogP contribution in [0.25, 0.3) is 0 Å². The number of carbonyl (C=O) groups is 1. The van der Waals surface area contributed by atoms with E-state index in [-0.39, 0.29) is 36.0 Å². The zero-order valence-corrected chi connectivity index (χ0v) is 22.3. The van der Waals surface area contributed by atoms with Crippen LogP contribution in [0.1, 0.15) is 136 Å². The van der Waals surface area contributed by atoms with Crippen molar-refractivity contribution in [2.45, 2.75) is 136 Å². The van der Waals surface area contributed by atoms with Gasteiger partial charge in [0.15, 0.2) is 0 Å². The molecule has 0 saturated heterocycles. The molecule has 0 aliphatic carbocycles. The quantitative estimate of drug-likeness (QED) is 0.188. The van der Waals surface area contributed by atoms with Gasteiger partial charge in [0, 0.05) is 12.5 Å². The van der Waals surface area contributed by atoms with Gasteiger partial charge in [-0.1, -0.05) is 117 Å². The molecular weight excluding hydrogens is 369 g/mol. The van der Waals surface area contributed by atoms with Crippen LogP contribution in [0, 0.1) is 0 Å². The minimum atomic E-state index is -0.913. The summed E-state index contributed by atoms with van der Waals surface area (Å²) in [5.41, 5.74) is 0. The van der Waals surface area contributed by atoms with Gasteiger partial charge in [-0.2, -0.15) is 0 Å². The van der Waals surface area contributed by atoms with E-state index in [1.807, 2.05) is 0 Å². The number of rotatable bonds is 23. The van der Waals surface area contributed by atoms with Crippen LogP contribution in [0.3, 0.4) is 0 Å². The largest absolute Gasteiger partial charge is 1.00 e. The van der Waals surface area contributed by atoms with Crippen LogP contribution in [0.4, 0.5) is 0 Å². The Hall–Kier alpha value is 0.430.